The van der Waals surface area contributed by atoms with Gasteiger partial charge in [0.2, 0.25) is 0 Å². The predicted octanol–water partition coefficient (Wildman–Crippen LogP) is 3.34. The van der Waals surface area contributed by atoms with E-state index in [2.05, 4.69) is 35.5 Å². The Morgan fingerprint density at radius 1 is 1.14 bits per heavy atom. The molecule has 1 aromatic heterocycles. The highest BCUT2D eigenvalue weighted by Crippen LogP contribution is 2.25. The van der Waals surface area contributed by atoms with E-state index in [0.717, 1.165) is 16.6 Å². The molecule has 2 aromatic carbocycles. The van der Waals surface area contributed by atoms with E-state index in [4.69, 9.17) is 5.73 Å². The predicted molar refractivity (Wildman–Crippen MR) is 82.8 cm³/mol. The molecular weight excluding hydrogens is 265 g/mol. The standard InChI is InChI=1S/C17H18FN3/c1-11-7-15-16(8-12(11)2)21(10-20-15)17(9-19)13-3-5-14(18)6-4-13/h3-8,10,17H,9,19H2,1-2H3. The number of benzene rings is 2. The zero-order valence-electron chi connectivity index (χ0n) is 12.2. The Bertz CT molecular complexity index is 775. The Morgan fingerprint density at radius 3 is 2.48 bits per heavy atom. The first kappa shape index (κ1) is 13.8. The number of rotatable bonds is 3. The van der Waals surface area contributed by atoms with E-state index >= 15 is 0 Å². The molecule has 1 heterocycles. The second-order valence-corrected chi connectivity index (χ2v) is 5.38. The minimum absolute atomic E-state index is 0.0438. The summed E-state index contributed by atoms with van der Waals surface area (Å²) in [6, 6.07) is 10.7. The van der Waals surface area contributed by atoms with Crippen LogP contribution in [0, 0.1) is 19.7 Å². The van der Waals surface area contributed by atoms with Gasteiger partial charge in [-0.25, -0.2) is 9.37 Å². The lowest BCUT2D eigenvalue weighted by Crippen LogP contribution is -2.19. The summed E-state index contributed by atoms with van der Waals surface area (Å²) in [4.78, 5) is 4.47. The van der Waals surface area contributed by atoms with Crippen LogP contribution in [-0.2, 0) is 0 Å². The maximum absolute atomic E-state index is 13.1. The first-order valence-electron chi connectivity index (χ1n) is 6.99. The van der Waals surface area contributed by atoms with Gasteiger partial charge in [0, 0.05) is 6.54 Å². The van der Waals surface area contributed by atoms with Gasteiger partial charge < -0.3 is 10.3 Å². The molecule has 0 aliphatic heterocycles. The molecule has 108 valence electrons. The molecule has 0 radical (unpaired) electrons. The summed E-state index contributed by atoms with van der Waals surface area (Å²) in [7, 11) is 0. The normalized spacial score (nSPS) is 12.8. The summed E-state index contributed by atoms with van der Waals surface area (Å²) < 4.78 is 15.2. The third kappa shape index (κ3) is 2.43. The highest BCUT2D eigenvalue weighted by molar-refractivity contribution is 5.77. The molecule has 3 rings (SSSR count). The van der Waals surface area contributed by atoms with E-state index in [-0.39, 0.29) is 11.9 Å². The Morgan fingerprint density at radius 2 is 1.81 bits per heavy atom. The summed E-state index contributed by atoms with van der Waals surface area (Å²) in [5, 5.41) is 0. The fraction of sp³-hybridized carbons (Fsp3) is 0.235. The van der Waals surface area contributed by atoms with Crippen LogP contribution < -0.4 is 5.73 Å². The number of fused-ring (bicyclic) bond motifs is 1. The molecule has 0 spiro atoms. The molecule has 1 unspecified atom stereocenters. The zero-order chi connectivity index (χ0) is 15.0. The molecule has 0 saturated heterocycles. The molecule has 3 aromatic rings. The molecule has 1 atom stereocenters. The van der Waals surface area contributed by atoms with Crippen molar-refractivity contribution in [3.05, 3.63) is 65.2 Å². The average Bonchev–Trinajstić information content (AvgIpc) is 2.85. The van der Waals surface area contributed by atoms with E-state index in [9.17, 15) is 4.39 Å². The zero-order valence-corrected chi connectivity index (χ0v) is 12.2. The SMILES string of the molecule is Cc1cc2ncn(C(CN)c3ccc(F)cc3)c2cc1C. The van der Waals surface area contributed by atoms with Crippen LogP contribution in [0.3, 0.4) is 0 Å². The maximum atomic E-state index is 13.1. The second kappa shape index (κ2) is 5.30. The van der Waals surface area contributed by atoms with Crippen LogP contribution >= 0.6 is 0 Å². The number of nitrogens with zero attached hydrogens (tertiary/aromatic N) is 2. The van der Waals surface area contributed by atoms with Crippen LogP contribution in [-0.4, -0.2) is 16.1 Å². The van der Waals surface area contributed by atoms with Crippen molar-refractivity contribution in [2.24, 2.45) is 5.73 Å². The topological polar surface area (TPSA) is 43.8 Å². The minimum Gasteiger partial charge on any atom is -0.328 e. The maximum Gasteiger partial charge on any atom is 0.123 e. The molecule has 0 fully saturated rings. The van der Waals surface area contributed by atoms with Crippen LogP contribution in [0.2, 0.25) is 0 Å². The molecule has 0 amide bonds. The van der Waals surface area contributed by atoms with E-state index in [1.165, 1.54) is 23.3 Å². The fourth-order valence-corrected chi connectivity index (χ4v) is 2.63. The van der Waals surface area contributed by atoms with Gasteiger partial charge in [0.1, 0.15) is 5.82 Å². The van der Waals surface area contributed by atoms with Crippen LogP contribution in [0.5, 0.6) is 0 Å². The van der Waals surface area contributed by atoms with Crippen molar-refractivity contribution < 1.29 is 4.39 Å². The van der Waals surface area contributed by atoms with Gasteiger partial charge in [0.25, 0.3) is 0 Å². The van der Waals surface area contributed by atoms with Crippen molar-refractivity contribution in [2.45, 2.75) is 19.9 Å². The van der Waals surface area contributed by atoms with Crippen LogP contribution in [0.25, 0.3) is 11.0 Å². The van der Waals surface area contributed by atoms with Crippen molar-refractivity contribution in [3.63, 3.8) is 0 Å². The molecule has 0 aliphatic carbocycles. The molecule has 0 aliphatic rings. The van der Waals surface area contributed by atoms with Crippen molar-refractivity contribution in [1.82, 2.24) is 9.55 Å². The third-order valence-electron chi connectivity index (χ3n) is 4.00. The lowest BCUT2D eigenvalue weighted by molar-refractivity contribution is 0.600. The number of hydrogen-bond acceptors (Lipinski definition) is 2. The Hall–Kier alpha value is -2.20. The quantitative estimate of drug-likeness (QED) is 0.801. The highest BCUT2D eigenvalue weighted by Gasteiger charge is 2.15. The van der Waals surface area contributed by atoms with Gasteiger partial charge in [-0.2, -0.15) is 0 Å². The monoisotopic (exact) mass is 283 g/mol. The Labute approximate surface area is 123 Å². The van der Waals surface area contributed by atoms with E-state index in [1.54, 1.807) is 12.1 Å². The van der Waals surface area contributed by atoms with Gasteiger partial charge >= 0.3 is 0 Å². The van der Waals surface area contributed by atoms with Gasteiger partial charge in [-0.3, -0.25) is 0 Å². The number of hydrogen-bond donors (Lipinski definition) is 1. The summed E-state index contributed by atoms with van der Waals surface area (Å²) in [6.45, 7) is 4.60. The lowest BCUT2D eigenvalue weighted by atomic mass is 10.1. The summed E-state index contributed by atoms with van der Waals surface area (Å²) in [5.41, 5.74) is 11.4. The molecule has 3 nitrogen and oxygen atoms in total. The van der Waals surface area contributed by atoms with Gasteiger partial charge in [-0.1, -0.05) is 12.1 Å². The first-order chi connectivity index (χ1) is 10.1. The van der Waals surface area contributed by atoms with Crippen LogP contribution in [0.4, 0.5) is 4.39 Å². The summed E-state index contributed by atoms with van der Waals surface area (Å²) in [6.07, 6.45) is 1.81. The van der Waals surface area contributed by atoms with Crippen LogP contribution in [0.15, 0.2) is 42.7 Å². The average molecular weight is 283 g/mol. The number of aryl methyl sites for hydroxylation is 2. The fourth-order valence-electron chi connectivity index (χ4n) is 2.63. The van der Waals surface area contributed by atoms with Crippen molar-refractivity contribution in [1.29, 1.82) is 0 Å². The molecule has 4 heteroatoms. The highest BCUT2D eigenvalue weighted by atomic mass is 19.1. The van der Waals surface area contributed by atoms with Gasteiger partial charge in [0.15, 0.2) is 0 Å². The molecule has 21 heavy (non-hydrogen) atoms. The molecular formula is C17H18FN3. The first-order valence-corrected chi connectivity index (χ1v) is 6.99. The third-order valence-corrected chi connectivity index (χ3v) is 4.00. The molecule has 2 N–H and O–H groups in total. The van der Waals surface area contributed by atoms with Crippen molar-refractivity contribution >= 4 is 11.0 Å². The number of imidazole rings is 1. The largest absolute Gasteiger partial charge is 0.328 e. The number of nitrogens with two attached hydrogens (primary N) is 1. The molecule has 0 bridgehead atoms. The van der Waals surface area contributed by atoms with E-state index in [0.29, 0.717) is 6.54 Å². The lowest BCUT2D eigenvalue weighted by Gasteiger charge is -2.18. The van der Waals surface area contributed by atoms with E-state index in [1.807, 2.05) is 6.33 Å². The van der Waals surface area contributed by atoms with Gasteiger partial charge in [0.05, 0.1) is 23.4 Å². The van der Waals surface area contributed by atoms with E-state index < -0.39 is 0 Å². The Kier molecular flexibility index (Phi) is 3.47. The summed E-state index contributed by atoms with van der Waals surface area (Å²) in [5.74, 6) is -0.239. The van der Waals surface area contributed by atoms with Crippen molar-refractivity contribution in [3.8, 4) is 0 Å². The molecule has 0 saturated carbocycles. The van der Waals surface area contributed by atoms with Gasteiger partial charge in [-0.05, 0) is 54.8 Å². The second-order valence-electron chi connectivity index (χ2n) is 5.38. The van der Waals surface area contributed by atoms with Crippen LogP contribution in [0.1, 0.15) is 22.7 Å². The number of halogens is 1. The van der Waals surface area contributed by atoms with Gasteiger partial charge in [-0.15, -0.1) is 0 Å². The summed E-state index contributed by atoms with van der Waals surface area (Å²) >= 11 is 0. The smallest absolute Gasteiger partial charge is 0.123 e. The minimum atomic E-state index is -0.239. The van der Waals surface area contributed by atoms with Crippen molar-refractivity contribution in [2.75, 3.05) is 6.54 Å². The number of aromatic nitrogens is 2. The Balaban J connectivity index is 2.13.